The van der Waals surface area contributed by atoms with Gasteiger partial charge in [-0.3, -0.25) is 4.79 Å². The Bertz CT molecular complexity index is 680. The summed E-state index contributed by atoms with van der Waals surface area (Å²) < 4.78 is 26.6. The Balaban J connectivity index is 1.83. The van der Waals surface area contributed by atoms with Gasteiger partial charge in [0.25, 0.3) is 5.91 Å². The normalized spacial score (nSPS) is 19.3. The standard InChI is InChI=1S/C15H19ClN2O3S/c16-14-6-5-12(22(20,21)18-7-1-2-8-18)9-13(14)15(19)17-10-11-3-4-11/h5-6,9,11H,1-4,7-8,10H2,(H,17,19). The SMILES string of the molecule is O=C(NCC1CC1)c1cc(S(=O)(=O)N2CCCC2)ccc1Cl. The Hall–Kier alpha value is -1.11. The molecule has 22 heavy (non-hydrogen) atoms. The fourth-order valence-corrected chi connectivity index (χ4v) is 4.32. The average Bonchev–Trinajstić information content (AvgIpc) is 3.15. The van der Waals surface area contributed by atoms with Crippen LogP contribution in [0.3, 0.4) is 0 Å². The summed E-state index contributed by atoms with van der Waals surface area (Å²) in [5.74, 6) is 0.245. The van der Waals surface area contributed by atoms with Crippen LogP contribution in [-0.2, 0) is 10.0 Å². The van der Waals surface area contributed by atoms with Crippen LogP contribution in [0, 0.1) is 5.92 Å². The van der Waals surface area contributed by atoms with Crippen LogP contribution in [-0.4, -0.2) is 38.3 Å². The Morgan fingerprint density at radius 1 is 1.27 bits per heavy atom. The molecular formula is C15H19ClN2O3S. The molecule has 1 aromatic carbocycles. The second kappa shape index (κ2) is 6.18. The summed E-state index contributed by atoms with van der Waals surface area (Å²) in [6, 6.07) is 4.34. The quantitative estimate of drug-likeness (QED) is 0.892. The second-order valence-electron chi connectivity index (χ2n) is 5.91. The van der Waals surface area contributed by atoms with E-state index in [4.69, 9.17) is 11.6 Å². The summed E-state index contributed by atoms with van der Waals surface area (Å²) in [5, 5.41) is 3.09. The molecule has 2 fully saturated rings. The van der Waals surface area contributed by atoms with Crippen LogP contribution in [0.25, 0.3) is 0 Å². The van der Waals surface area contributed by atoms with Crippen molar-refractivity contribution in [1.82, 2.24) is 9.62 Å². The van der Waals surface area contributed by atoms with Crippen LogP contribution in [0.1, 0.15) is 36.0 Å². The van der Waals surface area contributed by atoms with Crippen LogP contribution >= 0.6 is 11.6 Å². The first kappa shape index (κ1) is 15.8. The van der Waals surface area contributed by atoms with Crippen molar-refractivity contribution < 1.29 is 13.2 Å². The molecular weight excluding hydrogens is 324 g/mol. The Kier molecular flexibility index (Phi) is 4.43. The summed E-state index contributed by atoms with van der Waals surface area (Å²) in [5.41, 5.74) is 0.225. The van der Waals surface area contributed by atoms with Crippen LogP contribution in [0.15, 0.2) is 23.1 Å². The highest BCUT2D eigenvalue weighted by molar-refractivity contribution is 7.89. The summed E-state index contributed by atoms with van der Waals surface area (Å²) in [7, 11) is -3.54. The van der Waals surface area contributed by atoms with E-state index in [1.165, 1.54) is 22.5 Å². The van der Waals surface area contributed by atoms with E-state index >= 15 is 0 Å². The highest BCUT2D eigenvalue weighted by atomic mass is 35.5. The predicted octanol–water partition coefficient (Wildman–Crippen LogP) is 2.26. The molecule has 1 N–H and O–H groups in total. The lowest BCUT2D eigenvalue weighted by Gasteiger charge is -2.16. The van der Waals surface area contributed by atoms with E-state index in [0.717, 1.165) is 25.7 Å². The number of nitrogens with one attached hydrogen (secondary N) is 1. The predicted molar refractivity (Wildman–Crippen MR) is 84.5 cm³/mol. The van der Waals surface area contributed by atoms with Gasteiger partial charge in [-0.1, -0.05) is 11.6 Å². The van der Waals surface area contributed by atoms with Crippen LogP contribution in [0.4, 0.5) is 0 Å². The minimum Gasteiger partial charge on any atom is -0.352 e. The number of carbonyl (C=O) groups is 1. The molecule has 1 saturated heterocycles. The van der Waals surface area contributed by atoms with Gasteiger partial charge in [-0.25, -0.2) is 8.42 Å². The third-order valence-electron chi connectivity index (χ3n) is 4.13. The summed E-state index contributed by atoms with van der Waals surface area (Å²) in [4.78, 5) is 12.3. The molecule has 0 bridgehead atoms. The third kappa shape index (κ3) is 3.29. The first-order valence-electron chi connectivity index (χ1n) is 7.56. The third-order valence-corrected chi connectivity index (χ3v) is 6.36. The molecule has 1 saturated carbocycles. The van der Waals surface area contributed by atoms with Crippen LogP contribution in [0.2, 0.25) is 5.02 Å². The van der Waals surface area contributed by atoms with Gasteiger partial charge in [-0.2, -0.15) is 4.31 Å². The highest BCUT2D eigenvalue weighted by Crippen LogP contribution is 2.28. The minimum atomic E-state index is -3.54. The minimum absolute atomic E-state index is 0.135. The van der Waals surface area contributed by atoms with Crippen molar-refractivity contribution in [3.63, 3.8) is 0 Å². The van der Waals surface area contributed by atoms with Gasteiger partial charge < -0.3 is 5.32 Å². The number of amides is 1. The van der Waals surface area contributed by atoms with Gasteiger partial charge in [0, 0.05) is 19.6 Å². The van der Waals surface area contributed by atoms with E-state index in [1.807, 2.05) is 0 Å². The molecule has 1 aliphatic carbocycles. The molecule has 1 heterocycles. The van der Waals surface area contributed by atoms with Gasteiger partial charge in [0.1, 0.15) is 0 Å². The lowest BCUT2D eigenvalue weighted by Crippen LogP contribution is -2.29. The maximum absolute atomic E-state index is 12.5. The Labute approximate surface area is 135 Å². The van der Waals surface area contributed by atoms with Crippen molar-refractivity contribution in [3.8, 4) is 0 Å². The van der Waals surface area contributed by atoms with Crippen LogP contribution in [0.5, 0.6) is 0 Å². The molecule has 1 aliphatic heterocycles. The van der Waals surface area contributed by atoms with Crippen molar-refractivity contribution in [2.45, 2.75) is 30.6 Å². The lowest BCUT2D eigenvalue weighted by atomic mass is 10.2. The molecule has 0 spiro atoms. The average molecular weight is 343 g/mol. The first-order chi connectivity index (χ1) is 10.5. The van der Waals surface area contributed by atoms with E-state index in [0.29, 0.717) is 25.6 Å². The van der Waals surface area contributed by atoms with Crippen molar-refractivity contribution in [2.24, 2.45) is 5.92 Å². The Morgan fingerprint density at radius 3 is 2.59 bits per heavy atom. The summed E-state index contributed by atoms with van der Waals surface area (Å²) in [6.07, 6.45) is 4.03. The maximum atomic E-state index is 12.5. The second-order valence-corrected chi connectivity index (χ2v) is 8.25. The highest BCUT2D eigenvalue weighted by Gasteiger charge is 2.28. The van der Waals surface area contributed by atoms with Crippen molar-refractivity contribution in [1.29, 1.82) is 0 Å². The number of rotatable bonds is 5. The molecule has 120 valence electrons. The van der Waals surface area contributed by atoms with E-state index < -0.39 is 10.0 Å². The molecule has 0 unspecified atom stereocenters. The summed E-state index contributed by atoms with van der Waals surface area (Å²) >= 11 is 6.06. The fraction of sp³-hybridized carbons (Fsp3) is 0.533. The van der Waals surface area contributed by atoms with Crippen LogP contribution < -0.4 is 5.32 Å². The van der Waals surface area contributed by atoms with E-state index in [2.05, 4.69) is 5.32 Å². The molecule has 2 aliphatic rings. The number of halogens is 1. The van der Waals surface area contributed by atoms with Crippen molar-refractivity contribution in [2.75, 3.05) is 19.6 Å². The fourth-order valence-electron chi connectivity index (χ4n) is 2.57. The first-order valence-corrected chi connectivity index (χ1v) is 9.38. The zero-order chi connectivity index (χ0) is 15.7. The number of carbonyl (C=O) groups excluding carboxylic acids is 1. The molecule has 7 heteroatoms. The van der Waals surface area contributed by atoms with Gasteiger partial charge in [0.2, 0.25) is 10.0 Å². The van der Waals surface area contributed by atoms with E-state index in [1.54, 1.807) is 0 Å². The van der Waals surface area contributed by atoms with Gasteiger partial charge in [-0.05, 0) is 49.8 Å². The molecule has 0 atom stereocenters. The van der Waals surface area contributed by atoms with E-state index in [-0.39, 0.29) is 21.4 Å². The smallest absolute Gasteiger partial charge is 0.252 e. The molecule has 5 nitrogen and oxygen atoms in total. The van der Waals surface area contributed by atoms with Gasteiger partial charge in [0.15, 0.2) is 0 Å². The molecule has 1 amide bonds. The zero-order valence-electron chi connectivity index (χ0n) is 12.2. The molecule has 1 aromatic rings. The number of hydrogen-bond donors (Lipinski definition) is 1. The molecule has 0 radical (unpaired) electrons. The molecule has 3 rings (SSSR count). The maximum Gasteiger partial charge on any atom is 0.252 e. The van der Waals surface area contributed by atoms with Crippen molar-refractivity contribution in [3.05, 3.63) is 28.8 Å². The zero-order valence-corrected chi connectivity index (χ0v) is 13.8. The topological polar surface area (TPSA) is 66.5 Å². The van der Waals surface area contributed by atoms with Crippen molar-refractivity contribution >= 4 is 27.5 Å². The summed E-state index contributed by atoms with van der Waals surface area (Å²) in [6.45, 7) is 1.70. The number of sulfonamides is 1. The number of nitrogens with zero attached hydrogens (tertiary/aromatic N) is 1. The number of benzene rings is 1. The largest absolute Gasteiger partial charge is 0.352 e. The van der Waals surface area contributed by atoms with E-state index in [9.17, 15) is 13.2 Å². The van der Waals surface area contributed by atoms with Gasteiger partial charge in [-0.15, -0.1) is 0 Å². The molecule has 0 aromatic heterocycles. The Morgan fingerprint density at radius 2 is 1.95 bits per heavy atom. The van der Waals surface area contributed by atoms with Gasteiger partial charge >= 0.3 is 0 Å². The lowest BCUT2D eigenvalue weighted by molar-refractivity contribution is 0.0951. The number of hydrogen-bond acceptors (Lipinski definition) is 3. The monoisotopic (exact) mass is 342 g/mol. The van der Waals surface area contributed by atoms with Gasteiger partial charge in [0.05, 0.1) is 15.5 Å².